The summed E-state index contributed by atoms with van der Waals surface area (Å²) < 4.78 is 40.0. The first-order valence-electron chi connectivity index (χ1n) is 10.3. The summed E-state index contributed by atoms with van der Waals surface area (Å²) in [6.07, 6.45) is 2.80. The molecule has 2 aromatic carbocycles. The second-order valence-electron chi connectivity index (χ2n) is 7.64. The van der Waals surface area contributed by atoms with Gasteiger partial charge in [0.05, 0.1) is 12.1 Å². The van der Waals surface area contributed by atoms with Crippen LogP contribution in [-0.2, 0) is 22.9 Å². The van der Waals surface area contributed by atoms with Gasteiger partial charge in [-0.05, 0) is 62.5 Å². The number of hydrogen-bond donors (Lipinski definition) is 1. The van der Waals surface area contributed by atoms with Gasteiger partial charge in [-0.3, -0.25) is 0 Å². The van der Waals surface area contributed by atoms with Crippen molar-refractivity contribution in [2.45, 2.75) is 36.7 Å². The Balaban J connectivity index is 1.51. The van der Waals surface area contributed by atoms with Crippen LogP contribution in [-0.4, -0.2) is 52.1 Å². The van der Waals surface area contributed by atoms with E-state index in [1.807, 2.05) is 24.3 Å². The van der Waals surface area contributed by atoms with Crippen molar-refractivity contribution in [2.24, 2.45) is 0 Å². The molecule has 0 bridgehead atoms. The number of rotatable bonds is 5. The predicted octanol–water partition coefficient (Wildman–Crippen LogP) is 3.27. The third-order valence-electron chi connectivity index (χ3n) is 5.80. The molecule has 1 saturated heterocycles. The second kappa shape index (κ2) is 9.14. The number of nitrogens with zero attached hydrogens (tertiary/aromatic N) is 1. The molecule has 4 rings (SSSR count). The number of piperidine rings is 1. The minimum Gasteiger partial charge on any atom is -0.495 e. The number of sulfonamides is 1. The van der Waals surface area contributed by atoms with Crippen molar-refractivity contribution in [1.82, 2.24) is 9.62 Å². The molecule has 0 radical (unpaired) electrons. The van der Waals surface area contributed by atoms with E-state index in [0.29, 0.717) is 42.5 Å². The van der Waals surface area contributed by atoms with E-state index in [4.69, 9.17) is 21.1 Å². The van der Waals surface area contributed by atoms with Gasteiger partial charge in [0, 0.05) is 18.7 Å². The van der Waals surface area contributed by atoms with Crippen LogP contribution in [0.15, 0.2) is 41.3 Å². The molecule has 30 heavy (non-hydrogen) atoms. The van der Waals surface area contributed by atoms with Crippen LogP contribution in [0, 0.1) is 0 Å². The molecule has 0 saturated carbocycles. The van der Waals surface area contributed by atoms with Gasteiger partial charge in [0.1, 0.15) is 22.5 Å². The van der Waals surface area contributed by atoms with Crippen LogP contribution < -0.4 is 14.8 Å². The highest BCUT2D eigenvalue weighted by Crippen LogP contribution is 2.35. The molecule has 0 spiro atoms. The molecular weight excluding hydrogens is 424 g/mol. The summed E-state index contributed by atoms with van der Waals surface area (Å²) >= 11 is 6.18. The zero-order valence-electron chi connectivity index (χ0n) is 17.1. The Morgan fingerprint density at radius 3 is 2.53 bits per heavy atom. The number of fused-ring (bicyclic) bond motifs is 1. The zero-order chi connectivity index (χ0) is 21.1. The first kappa shape index (κ1) is 21.4. The van der Waals surface area contributed by atoms with Gasteiger partial charge in [-0.15, -0.1) is 0 Å². The summed E-state index contributed by atoms with van der Waals surface area (Å²) in [7, 11) is -2.10. The number of ether oxygens (including phenoxy) is 2. The molecule has 0 aromatic heterocycles. The Morgan fingerprint density at radius 2 is 1.80 bits per heavy atom. The highest BCUT2D eigenvalue weighted by Gasteiger charge is 2.33. The van der Waals surface area contributed by atoms with Gasteiger partial charge in [-0.1, -0.05) is 29.8 Å². The van der Waals surface area contributed by atoms with E-state index in [0.717, 1.165) is 37.1 Å². The molecule has 6 nitrogen and oxygen atoms in total. The molecule has 8 heteroatoms. The minimum atomic E-state index is -3.65. The van der Waals surface area contributed by atoms with Crippen molar-refractivity contribution < 1.29 is 17.9 Å². The fraction of sp³-hybridized carbons (Fsp3) is 0.455. The smallest absolute Gasteiger partial charge is 0.246 e. The van der Waals surface area contributed by atoms with Crippen LogP contribution in [0.4, 0.5) is 0 Å². The summed E-state index contributed by atoms with van der Waals surface area (Å²) in [5.74, 6) is 1.13. The number of hydrogen-bond acceptors (Lipinski definition) is 5. The van der Waals surface area contributed by atoms with Gasteiger partial charge in [0.15, 0.2) is 0 Å². The van der Waals surface area contributed by atoms with Crippen LogP contribution in [0.3, 0.4) is 0 Å². The van der Waals surface area contributed by atoms with E-state index in [1.165, 1.54) is 0 Å². The lowest BCUT2D eigenvalue weighted by Gasteiger charge is -2.32. The molecular formula is C22H27ClN2O4S. The summed E-state index contributed by atoms with van der Waals surface area (Å²) in [5.41, 5.74) is 2.16. The molecule has 0 aliphatic carbocycles. The van der Waals surface area contributed by atoms with E-state index in [-0.39, 0.29) is 11.0 Å². The maximum atomic E-state index is 13.4. The molecule has 0 amide bonds. The number of para-hydroxylation sites is 1. The standard InChI is InChI=1S/C22H27ClN2O4S/c1-28-22-18-9-13-24-12-8-16(18)6-7-21(22)30(26,27)25-14-10-17(11-15-25)29-20-5-3-2-4-19(20)23/h2-7,17,24H,8-15H2,1H3. The lowest BCUT2D eigenvalue weighted by atomic mass is 10.0. The first-order valence-corrected chi connectivity index (χ1v) is 12.1. The van der Waals surface area contributed by atoms with Crippen LogP contribution in [0.2, 0.25) is 5.02 Å². The van der Waals surface area contributed by atoms with E-state index in [2.05, 4.69) is 5.32 Å². The van der Waals surface area contributed by atoms with E-state index >= 15 is 0 Å². The van der Waals surface area contributed by atoms with Gasteiger partial charge in [0.2, 0.25) is 10.0 Å². The molecule has 2 aliphatic rings. The average Bonchev–Trinajstić information content (AvgIpc) is 3.00. The number of nitrogens with one attached hydrogen (secondary N) is 1. The van der Waals surface area contributed by atoms with Gasteiger partial charge in [-0.2, -0.15) is 4.31 Å². The van der Waals surface area contributed by atoms with Crippen molar-refractivity contribution in [3.8, 4) is 11.5 Å². The Labute approximate surface area is 183 Å². The average molecular weight is 451 g/mol. The molecule has 0 atom stereocenters. The monoisotopic (exact) mass is 450 g/mol. The number of benzene rings is 2. The lowest BCUT2D eigenvalue weighted by Crippen LogP contribution is -2.41. The molecule has 2 aromatic rings. The van der Waals surface area contributed by atoms with E-state index in [9.17, 15) is 8.42 Å². The van der Waals surface area contributed by atoms with Gasteiger partial charge >= 0.3 is 0 Å². The van der Waals surface area contributed by atoms with E-state index in [1.54, 1.807) is 23.5 Å². The Kier molecular flexibility index (Phi) is 6.53. The van der Waals surface area contributed by atoms with Crippen LogP contribution >= 0.6 is 11.6 Å². The quantitative estimate of drug-likeness (QED) is 0.757. The van der Waals surface area contributed by atoms with Crippen LogP contribution in [0.1, 0.15) is 24.0 Å². The van der Waals surface area contributed by atoms with E-state index < -0.39 is 10.0 Å². The summed E-state index contributed by atoms with van der Waals surface area (Å²) in [6, 6.07) is 11.0. The summed E-state index contributed by atoms with van der Waals surface area (Å²) in [6.45, 7) is 2.51. The Hall–Kier alpha value is -1.80. The van der Waals surface area contributed by atoms with Crippen molar-refractivity contribution >= 4 is 21.6 Å². The maximum absolute atomic E-state index is 13.4. The van der Waals surface area contributed by atoms with Crippen molar-refractivity contribution in [1.29, 1.82) is 0 Å². The second-order valence-corrected chi connectivity index (χ2v) is 9.95. The van der Waals surface area contributed by atoms with Crippen molar-refractivity contribution in [2.75, 3.05) is 33.3 Å². The first-order chi connectivity index (χ1) is 14.5. The fourth-order valence-corrected chi connectivity index (χ4v) is 6.02. The van der Waals surface area contributed by atoms with Gasteiger partial charge in [0.25, 0.3) is 0 Å². The molecule has 1 N–H and O–H groups in total. The third kappa shape index (κ3) is 4.30. The topological polar surface area (TPSA) is 67.9 Å². The highest BCUT2D eigenvalue weighted by atomic mass is 35.5. The Bertz CT molecular complexity index is 1000. The van der Waals surface area contributed by atoms with Crippen LogP contribution in [0.25, 0.3) is 0 Å². The largest absolute Gasteiger partial charge is 0.495 e. The number of methoxy groups -OCH3 is 1. The molecule has 0 unspecified atom stereocenters. The molecule has 1 fully saturated rings. The third-order valence-corrected chi connectivity index (χ3v) is 8.03. The molecule has 2 aliphatic heterocycles. The minimum absolute atomic E-state index is 0.0589. The number of halogens is 1. The SMILES string of the molecule is COc1c(S(=O)(=O)N2CCC(Oc3ccccc3Cl)CC2)ccc2c1CCNCC2. The van der Waals surface area contributed by atoms with Crippen molar-refractivity contribution in [3.05, 3.63) is 52.5 Å². The van der Waals surface area contributed by atoms with Crippen molar-refractivity contribution in [3.63, 3.8) is 0 Å². The fourth-order valence-electron chi connectivity index (χ4n) is 4.19. The van der Waals surface area contributed by atoms with Crippen LogP contribution in [0.5, 0.6) is 11.5 Å². The highest BCUT2D eigenvalue weighted by molar-refractivity contribution is 7.89. The predicted molar refractivity (Wildman–Crippen MR) is 117 cm³/mol. The summed E-state index contributed by atoms with van der Waals surface area (Å²) in [4.78, 5) is 0.260. The molecule has 162 valence electrons. The lowest BCUT2D eigenvalue weighted by molar-refractivity contribution is 0.135. The molecule has 2 heterocycles. The van der Waals surface area contributed by atoms with Gasteiger partial charge < -0.3 is 14.8 Å². The summed E-state index contributed by atoms with van der Waals surface area (Å²) in [5, 5.41) is 3.92. The van der Waals surface area contributed by atoms with Gasteiger partial charge in [-0.25, -0.2) is 8.42 Å². The maximum Gasteiger partial charge on any atom is 0.246 e. The Morgan fingerprint density at radius 1 is 1.07 bits per heavy atom. The normalized spacial score (nSPS) is 18.5. The zero-order valence-corrected chi connectivity index (χ0v) is 18.6.